The molecule has 28 heavy (non-hydrogen) atoms. The van der Waals surface area contributed by atoms with Crippen LogP contribution in [0.2, 0.25) is 0 Å². The third-order valence-corrected chi connectivity index (χ3v) is 4.01. The normalized spacial score (nSPS) is 12.8. The molecule has 0 spiro atoms. The largest absolute Gasteiger partial charge is 0.344 e. The molecule has 0 unspecified atom stereocenters. The van der Waals surface area contributed by atoms with Gasteiger partial charge in [-0.2, -0.15) is 0 Å². The van der Waals surface area contributed by atoms with Gasteiger partial charge in [-0.3, -0.25) is 4.79 Å². The number of likely N-dealkylation sites (N-methyl/N-ethyl adjacent to an activating group) is 1. The first-order valence-electron chi connectivity index (χ1n) is 10.6. The SMILES string of the molecule is CCC=CCC=CCC=CCC=CCC=CCC=CCCC(=O)N(C)CCN. The summed E-state index contributed by atoms with van der Waals surface area (Å²) in [6, 6.07) is 0. The molecular formula is C25H40N2O. The first-order valence-corrected chi connectivity index (χ1v) is 10.6. The molecule has 0 aliphatic carbocycles. The van der Waals surface area contributed by atoms with Crippen molar-refractivity contribution in [3.63, 3.8) is 0 Å². The fourth-order valence-corrected chi connectivity index (χ4v) is 2.36. The predicted octanol–water partition coefficient (Wildman–Crippen LogP) is 5.88. The molecule has 1 amide bonds. The summed E-state index contributed by atoms with van der Waals surface area (Å²) in [5, 5.41) is 0. The lowest BCUT2D eigenvalue weighted by Crippen LogP contribution is -2.31. The van der Waals surface area contributed by atoms with Crippen LogP contribution in [0.25, 0.3) is 0 Å². The van der Waals surface area contributed by atoms with Gasteiger partial charge in [0.05, 0.1) is 0 Å². The molecule has 0 rings (SSSR count). The molecule has 3 heteroatoms. The molecular weight excluding hydrogens is 344 g/mol. The molecule has 0 aliphatic heterocycles. The van der Waals surface area contributed by atoms with Crippen LogP contribution in [0, 0.1) is 0 Å². The summed E-state index contributed by atoms with van der Waals surface area (Å²) in [7, 11) is 1.80. The Hall–Kier alpha value is -2.13. The molecule has 0 bridgehead atoms. The van der Waals surface area contributed by atoms with Gasteiger partial charge in [-0.15, -0.1) is 0 Å². The number of hydrogen-bond acceptors (Lipinski definition) is 2. The Labute approximate surface area is 173 Å². The number of carbonyl (C=O) groups excluding carboxylic acids is 1. The smallest absolute Gasteiger partial charge is 0.222 e. The van der Waals surface area contributed by atoms with E-state index in [1.54, 1.807) is 11.9 Å². The highest BCUT2D eigenvalue weighted by Crippen LogP contribution is 1.99. The maximum Gasteiger partial charge on any atom is 0.222 e. The predicted molar refractivity (Wildman–Crippen MR) is 124 cm³/mol. The molecule has 0 aromatic rings. The maximum absolute atomic E-state index is 11.7. The third kappa shape index (κ3) is 18.7. The Morgan fingerprint density at radius 1 is 0.714 bits per heavy atom. The van der Waals surface area contributed by atoms with Crippen LogP contribution in [0.15, 0.2) is 72.9 Å². The Morgan fingerprint density at radius 2 is 1.11 bits per heavy atom. The standard InChI is InChI=1S/C25H40N2O/c1-3-4-5-6-7-8-9-10-11-12-13-14-15-16-17-18-19-20-21-22-25(28)27(2)24-23-26/h4-5,7-8,10-11,13-14,16-17,19-20H,3,6,9,12,15,18,21-24,26H2,1-2H3. The van der Waals surface area contributed by atoms with Gasteiger partial charge in [0.2, 0.25) is 5.91 Å². The highest BCUT2D eigenvalue weighted by Gasteiger charge is 2.05. The Kier molecular flexibility index (Phi) is 19.6. The van der Waals surface area contributed by atoms with Crippen molar-refractivity contribution < 1.29 is 4.79 Å². The van der Waals surface area contributed by atoms with E-state index >= 15 is 0 Å². The van der Waals surface area contributed by atoms with Gasteiger partial charge in [0.25, 0.3) is 0 Å². The van der Waals surface area contributed by atoms with Crippen LogP contribution in [-0.2, 0) is 4.79 Å². The van der Waals surface area contributed by atoms with Crippen LogP contribution in [0.5, 0.6) is 0 Å². The molecule has 0 aliphatic rings. The summed E-state index contributed by atoms with van der Waals surface area (Å²) in [6.45, 7) is 3.30. The molecule has 0 aromatic heterocycles. The second kappa shape index (κ2) is 21.2. The van der Waals surface area contributed by atoms with Gasteiger partial charge in [0.15, 0.2) is 0 Å². The van der Waals surface area contributed by atoms with Crippen molar-refractivity contribution in [1.29, 1.82) is 0 Å². The highest BCUT2D eigenvalue weighted by atomic mass is 16.2. The number of nitrogens with two attached hydrogens (primary N) is 1. The van der Waals surface area contributed by atoms with Gasteiger partial charge >= 0.3 is 0 Å². The van der Waals surface area contributed by atoms with E-state index in [1.165, 1.54) is 0 Å². The molecule has 0 fully saturated rings. The number of carbonyl (C=O) groups is 1. The number of rotatable bonds is 16. The van der Waals surface area contributed by atoms with E-state index in [0.717, 1.165) is 44.9 Å². The minimum atomic E-state index is 0.157. The summed E-state index contributed by atoms with van der Waals surface area (Å²) < 4.78 is 0. The minimum Gasteiger partial charge on any atom is -0.344 e. The molecule has 0 atom stereocenters. The molecule has 156 valence electrons. The van der Waals surface area contributed by atoms with Crippen molar-refractivity contribution in [2.24, 2.45) is 5.73 Å². The van der Waals surface area contributed by atoms with Crippen LogP contribution in [0.3, 0.4) is 0 Å². The van der Waals surface area contributed by atoms with Crippen LogP contribution < -0.4 is 5.73 Å². The van der Waals surface area contributed by atoms with Crippen molar-refractivity contribution in [2.75, 3.05) is 20.1 Å². The summed E-state index contributed by atoms with van der Waals surface area (Å²) in [5.41, 5.74) is 5.44. The lowest BCUT2D eigenvalue weighted by atomic mass is 10.2. The van der Waals surface area contributed by atoms with Gasteiger partial charge in [-0.25, -0.2) is 0 Å². The first kappa shape index (κ1) is 25.9. The van der Waals surface area contributed by atoms with Crippen molar-refractivity contribution in [2.45, 2.75) is 58.3 Å². The molecule has 0 saturated heterocycles. The summed E-state index contributed by atoms with van der Waals surface area (Å²) in [6.07, 6.45) is 33.6. The Bertz CT molecular complexity index is 539. The molecule has 2 N–H and O–H groups in total. The first-order chi connectivity index (χ1) is 13.7. The topological polar surface area (TPSA) is 46.3 Å². The van der Waals surface area contributed by atoms with Crippen molar-refractivity contribution in [1.82, 2.24) is 4.90 Å². The van der Waals surface area contributed by atoms with Crippen molar-refractivity contribution in [3.05, 3.63) is 72.9 Å². The molecule has 0 radical (unpaired) electrons. The van der Waals surface area contributed by atoms with E-state index < -0.39 is 0 Å². The van der Waals surface area contributed by atoms with Gasteiger partial charge in [0, 0.05) is 26.6 Å². The van der Waals surface area contributed by atoms with Gasteiger partial charge in [-0.05, 0) is 44.9 Å². The molecule has 3 nitrogen and oxygen atoms in total. The zero-order valence-corrected chi connectivity index (χ0v) is 17.9. The van der Waals surface area contributed by atoms with E-state index in [0.29, 0.717) is 19.5 Å². The third-order valence-electron chi connectivity index (χ3n) is 4.01. The van der Waals surface area contributed by atoms with Gasteiger partial charge < -0.3 is 10.6 Å². The number of hydrogen-bond donors (Lipinski definition) is 1. The lowest BCUT2D eigenvalue weighted by molar-refractivity contribution is -0.129. The summed E-state index contributed by atoms with van der Waals surface area (Å²) in [4.78, 5) is 13.4. The highest BCUT2D eigenvalue weighted by molar-refractivity contribution is 5.75. The number of nitrogens with zero attached hydrogens (tertiary/aromatic N) is 1. The fourth-order valence-electron chi connectivity index (χ4n) is 2.36. The van der Waals surface area contributed by atoms with Crippen molar-refractivity contribution in [3.8, 4) is 0 Å². The average Bonchev–Trinajstić information content (AvgIpc) is 2.69. The van der Waals surface area contributed by atoms with Crippen LogP contribution in [0.4, 0.5) is 0 Å². The Balaban J connectivity index is 3.62. The molecule has 0 heterocycles. The monoisotopic (exact) mass is 384 g/mol. The van der Waals surface area contributed by atoms with E-state index in [4.69, 9.17) is 5.73 Å². The minimum absolute atomic E-state index is 0.157. The van der Waals surface area contributed by atoms with Crippen LogP contribution in [-0.4, -0.2) is 30.9 Å². The van der Waals surface area contributed by atoms with Crippen molar-refractivity contribution >= 4 is 5.91 Å². The maximum atomic E-state index is 11.7. The van der Waals surface area contributed by atoms with E-state index in [1.807, 2.05) is 0 Å². The fraction of sp³-hybridized carbons (Fsp3) is 0.480. The summed E-state index contributed by atoms with van der Waals surface area (Å²) >= 11 is 0. The zero-order chi connectivity index (χ0) is 20.7. The second-order valence-corrected chi connectivity index (χ2v) is 6.56. The number of amides is 1. The summed E-state index contributed by atoms with van der Waals surface area (Å²) in [5.74, 6) is 0.157. The lowest BCUT2D eigenvalue weighted by Gasteiger charge is -2.14. The van der Waals surface area contributed by atoms with E-state index in [2.05, 4.69) is 79.8 Å². The molecule has 0 aromatic carbocycles. The Morgan fingerprint density at radius 3 is 1.50 bits per heavy atom. The number of allylic oxidation sites excluding steroid dienone is 12. The van der Waals surface area contributed by atoms with E-state index in [-0.39, 0.29) is 5.91 Å². The van der Waals surface area contributed by atoms with Gasteiger partial charge in [-0.1, -0.05) is 79.8 Å². The quantitative estimate of drug-likeness (QED) is 0.338. The second-order valence-electron chi connectivity index (χ2n) is 6.56. The zero-order valence-electron chi connectivity index (χ0n) is 17.9. The van der Waals surface area contributed by atoms with Crippen LogP contribution >= 0.6 is 0 Å². The molecule has 0 saturated carbocycles. The average molecular weight is 385 g/mol. The van der Waals surface area contributed by atoms with E-state index in [9.17, 15) is 4.79 Å². The van der Waals surface area contributed by atoms with Gasteiger partial charge in [0.1, 0.15) is 0 Å². The van der Waals surface area contributed by atoms with Crippen LogP contribution in [0.1, 0.15) is 58.3 Å².